The molecule has 0 bridgehead atoms. The molecule has 0 saturated heterocycles. The first-order chi connectivity index (χ1) is 24.4. The number of carbonyl (C=O) groups excluding carboxylic acids is 3. The van der Waals surface area contributed by atoms with Crippen LogP contribution in [-0.2, 0) is 32.3 Å². The number of esters is 1. The molecule has 51 heavy (non-hydrogen) atoms. The van der Waals surface area contributed by atoms with Gasteiger partial charge in [0.05, 0.1) is 23.5 Å². The fourth-order valence-electron chi connectivity index (χ4n) is 5.07. The van der Waals surface area contributed by atoms with Crippen molar-refractivity contribution in [2.24, 2.45) is 0 Å². The van der Waals surface area contributed by atoms with Gasteiger partial charge in [0.2, 0.25) is 5.91 Å². The van der Waals surface area contributed by atoms with E-state index >= 15 is 0 Å². The molecule has 0 radical (unpaired) electrons. The van der Waals surface area contributed by atoms with Gasteiger partial charge >= 0.3 is 11.9 Å². The van der Waals surface area contributed by atoms with E-state index in [0.717, 1.165) is 19.1 Å². The number of carboxylic acid groups (broad SMARTS) is 1. The quantitative estimate of drug-likeness (QED) is 0.0612. The first-order valence-electron chi connectivity index (χ1n) is 16.7. The van der Waals surface area contributed by atoms with Crippen LogP contribution in [0.3, 0.4) is 0 Å². The van der Waals surface area contributed by atoms with Crippen LogP contribution in [0.5, 0.6) is 11.5 Å². The van der Waals surface area contributed by atoms with Gasteiger partial charge in [-0.2, -0.15) is 0 Å². The zero-order chi connectivity index (χ0) is 36.8. The third-order valence-electron chi connectivity index (χ3n) is 7.93. The highest BCUT2D eigenvalue weighted by Crippen LogP contribution is 2.19. The summed E-state index contributed by atoms with van der Waals surface area (Å²) in [4.78, 5) is 50.2. The minimum absolute atomic E-state index is 0.0129. The van der Waals surface area contributed by atoms with Crippen molar-refractivity contribution in [3.63, 3.8) is 0 Å². The number of rotatable bonds is 18. The predicted octanol–water partition coefficient (Wildman–Crippen LogP) is 6.27. The van der Waals surface area contributed by atoms with Gasteiger partial charge in [0.15, 0.2) is 9.84 Å². The number of carboxylic acids is 1. The van der Waals surface area contributed by atoms with Crippen LogP contribution >= 0.6 is 0 Å². The largest absolute Gasteiger partial charge is 0.494 e. The van der Waals surface area contributed by atoms with Crippen LogP contribution in [-0.4, -0.2) is 56.2 Å². The Bertz CT molecular complexity index is 1890. The van der Waals surface area contributed by atoms with Gasteiger partial charge in [-0.05, 0) is 90.3 Å². The summed E-state index contributed by atoms with van der Waals surface area (Å²) in [6.45, 7) is 2.80. The Morgan fingerprint density at radius 3 is 1.92 bits per heavy atom. The summed E-state index contributed by atoms with van der Waals surface area (Å²) in [6, 6.07) is 23.8. The summed E-state index contributed by atoms with van der Waals surface area (Å²) in [5, 5.41) is 15.0. The monoisotopic (exact) mass is 714 g/mol. The summed E-state index contributed by atoms with van der Waals surface area (Å²) in [5.74, 6) is -1.76. The maximum absolute atomic E-state index is 12.9. The first-order valence-corrected chi connectivity index (χ1v) is 18.6. The Morgan fingerprint density at radius 2 is 1.31 bits per heavy atom. The lowest BCUT2D eigenvalue weighted by Gasteiger charge is -2.15. The summed E-state index contributed by atoms with van der Waals surface area (Å²) in [5.41, 5.74) is 2.20. The standard InChI is InChI=1S/C39H42N2O9S/c1-3-4-5-6-7-24-49-32-20-14-30(15-21-32)39(46)50-33-18-8-27(9-19-33)25-35(38(44)45)41-37(43)29-12-16-31(17-13-29)40-36(42)26-28-10-22-34(23-11-28)51(2,47)48/h8-23,35H,3-7,24-26H2,1-2H3,(H,40,42)(H,41,43)(H,44,45)/t35-/m0/s1. The minimum atomic E-state index is -3.34. The highest BCUT2D eigenvalue weighted by molar-refractivity contribution is 7.90. The lowest BCUT2D eigenvalue weighted by molar-refractivity contribution is -0.139. The van der Waals surface area contributed by atoms with Crippen LogP contribution in [0.1, 0.15) is 70.9 Å². The summed E-state index contributed by atoms with van der Waals surface area (Å²) >= 11 is 0. The molecule has 11 nitrogen and oxygen atoms in total. The van der Waals surface area contributed by atoms with Gasteiger partial charge in [0.25, 0.3) is 5.91 Å². The van der Waals surface area contributed by atoms with Gasteiger partial charge in [-0.15, -0.1) is 0 Å². The molecule has 2 amide bonds. The average Bonchev–Trinajstić information content (AvgIpc) is 3.10. The van der Waals surface area contributed by atoms with Crippen LogP contribution in [0.4, 0.5) is 5.69 Å². The van der Waals surface area contributed by atoms with Crippen molar-refractivity contribution in [3.8, 4) is 11.5 Å². The van der Waals surface area contributed by atoms with Crippen molar-refractivity contribution in [1.29, 1.82) is 0 Å². The van der Waals surface area contributed by atoms with Crippen molar-refractivity contribution >= 4 is 39.3 Å². The normalized spacial score (nSPS) is 11.6. The number of aliphatic carboxylic acids is 1. The molecule has 0 fully saturated rings. The van der Waals surface area contributed by atoms with Crippen molar-refractivity contribution in [3.05, 3.63) is 119 Å². The van der Waals surface area contributed by atoms with E-state index in [2.05, 4.69) is 17.6 Å². The highest BCUT2D eigenvalue weighted by atomic mass is 32.2. The molecule has 4 rings (SSSR count). The summed E-state index contributed by atoms with van der Waals surface area (Å²) in [7, 11) is -3.34. The number of sulfone groups is 1. The van der Waals surface area contributed by atoms with Gasteiger partial charge < -0.3 is 25.2 Å². The Hall–Kier alpha value is -5.49. The molecule has 1 atom stereocenters. The van der Waals surface area contributed by atoms with Gasteiger partial charge in [-0.3, -0.25) is 9.59 Å². The second-order valence-corrected chi connectivity index (χ2v) is 14.1. The molecule has 0 spiro atoms. The first kappa shape index (κ1) is 38.3. The number of hydrogen-bond donors (Lipinski definition) is 3. The van der Waals surface area contributed by atoms with Crippen molar-refractivity contribution in [1.82, 2.24) is 5.32 Å². The zero-order valence-corrected chi connectivity index (χ0v) is 29.4. The van der Waals surface area contributed by atoms with E-state index < -0.39 is 33.7 Å². The molecule has 4 aromatic rings. The number of benzene rings is 4. The van der Waals surface area contributed by atoms with E-state index in [4.69, 9.17) is 9.47 Å². The van der Waals surface area contributed by atoms with Crippen molar-refractivity contribution in [2.45, 2.75) is 62.8 Å². The fraction of sp³-hybridized carbons (Fsp3) is 0.282. The SMILES string of the molecule is CCCCCCCOc1ccc(C(=O)Oc2ccc(C[C@H](NC(=O)c3ccc(NC(=O)Cc4ccc(S(C)(=O)=O)cc4)cc3)C(=O)O)cc2)cc1. The van der Waals surface area contributed by atoms with Gasteiger partial charge in [0, 0.05) is 23.9 Å². The Kier molecular flexibility index (Phi) is 13.9. The number of amides is 2. The summed E-state index contributed by atoms with van der Waals surface area (Å²) < 4.78 is 34.5. The third-order valence-corrected chi connectivity index (χ3v) is 9.06. The molecule has 0 heterocycles. The van der Waals surface area contributed by atoms with E-state index in [0.29, 0.717) is 34.7 Å². The number of anilines is 1. The second-order valence-electron chi connectivity index (χ2n) is 12.1. The molecule has 0 aromatic heterocycles. The van der Waals surface area contributed by atoms with Crippen molar-refractivity contribution in [2.75, 3.05) is 18.2 Å². The topological polar surface area (TPSA) is 165 Å². The Balaban J connectivity index is 1.24. The number of nitrogens with one attached hydrogen (secondary N) is 2. The van der Waals surface area contributed by atoms with Crippen LogP contribution in [0, 0.1) is 0 Å². The number of ether oxygens (including phenoxy) is 2. The van der Waals surface area contributed by atoms with Crippen LogP contribution in [0.25, 0.3) is 0 Å². The smallest absolute Gasteiger partial charge is 0.343 e. The second kappa shape index (κ2) is 18.5. The zero-order valence-electron chi connectivity index (χ0n) is 28.6. The molecular weight excluding hydrogens is 673 g/mol. The maximum Gasteiger partial charge on any atom is 0.343 e. The highest BCUT2D eigenvalue weighted by Gasteiger charge is 2.22. The van der Waals surface area contributed by atoms with E-state index in [1.165, 1.54) is 55.7 Å². The fourth-order valence-corrected chi connectivity index (χ4v) is 5.70. The Morgan fingerprint density at radius 1 is 0.725 bits per heavy atom. The Labute approximate surface area is 297 Å². The lowest BCUT2D eigenvalue weighted by Crippen LogP contribution is -2.42. The molecule has 268 valence electrons. The average molecular weight is 715 g/mol. The molecule has 4 aromatic carbocycles. The van der Waals surface area contributed by atoms with E-state index in [1.807, 2.05) is 0 Å². The molecule has 12 heteroatoms. The van der Waals surface area contributed by atoms with E-state index in [1.54, 1.807) is 60.7 Å². The van der Waals surface area contributed by atoms with E-state index in [-0.39, 0.29) is 35.0 Å². The third kappa shape index (κ3) is 12.4. The lowest BCUT2D eigenvalue weighted by atomic mass is 10.0. The maximum atomic E-state index is 12.9. The summed E-state index contributed by atoms with van der Waals surface area (Å²) in [6.07, 6.45) is 6.82. The number of unbranched alkanes of at least 4 members (excludes halogenated alkanes) is 4. The molecule has 0 saturated carbocycles. The molecule has 0 unspecified atom stereocenters. The molecule has 3 N–H and O–H groups in total. The molecular formula is C39H42N2O9S. The predicted molar refractivity (Wildman–Crippen MR) is 193 cm³/mol. The van der Waals surface area contributed by atoms with Crippen LogP contribution < -0.4 is 20.1 Å². The minimum Gasteiger partial charge on any atom is -0.494 e. The van der Waals surface area contributed by atoms with Crippen LogP contribution in [0.15, 0.2) is 102 Å². The van der Waals surface area contributed by atoms with Gasteiger partial charge in [-0.25, -0.2) is 18.0 Å². The molecule has 0 aliphatic rings. The van der Waals surface area contributed by atoms with Gasteiger partial charge in [0.1, 0.15) is 17.5 Å². The van der Waals surface area contributed by atoms with Gasteiger partial charge in [-0.1, -0.05) is 56.9 Å². The van der Waals surface area contributed by atoms with E-state index in [9.17, 15) is 32.7 Å². The number of hydrogen-bond acceptors (Lipinski definition) is 8. The molecule has 0 aliphatic heterocycles. The number of carbonyl (C=O) groups is 4. The molecule has 0 aliphatic carbocycles. The van der Waals surface area contributed by atoms with Crippen LogP contribution in [0.2, 0.25) is 0 Å². The van der Waals surface area contributed by atoms with Crippen molar-refractivity contribution < 1.29 is 42.2 Å².